The molecule has 0 radical (unpaired) electrons. The van der Waals surface area contributed by atoms with E-state index in [2.05, 4.69) is 4.98 Å². The van der Waals surface area contributed by atoms with E-state index in [0.29, 0.717) is 5.69 Å². The summed E-state index contributed by atoms with van der Waals surface area (Å²) in [5, 5.41) is 0. The summed E-state index contributed by atoms with van der Waals surface area (Å²) in [6, 6.07) is 2.63. The molecule has 1 atom stereocenters. The van der Waals surface area contributed by atoms with Crippen LogP contribution in [-0.4, -0.2) is 24.8 Å². The van der Waals surface area contributed by atoms with E-state index < -0.39 is 18.6 Å². The summed E-state index contributed by atoms with van der Waals surface area (Å²) in [7, 11) is 1.36. The standard InChI is InChI=1S/C10H13F3N2O/c1-6-3-7(4-9(15-6)16-2)8(5-14)10(11,12)13/h3-4,8H,5,14H2,1-2H3. The van der Waals surface area contributed by atoms with Gasteiger partial charge in [0.1, 0.15) is 0 Å². The average Bonchev–Trinajstić information content (AvgIpc) is 2.15. The summed E-state index contributed by atoms with van der Waals surface area (Å²) in [5.41, 5.74) is 5.70. The van der Waals surface area contributed by atoms with E-state index >= 15 is 0 Å². The normalized spacial score (nSPS) is 13.6. The third-order valence-electron chi connectivity index (χ3n) is 2.19. The predicted molar refractivity (Wildman–Crippen MR) is 53.4 cm³/mol. The summed E-state index contributed by atoms with van der Waals surface area (Å²) >= 11 is 0. The Morgan fingerprint density at radius 1 is 1.44 bits per heavy atom. The molecule has 3 nitrogen and oxygen atoms in total. The minimum atomic E-state index is -4.35. The fourth-order valence-corrected chi connectivity index (χ4v) is 1.43. The largest absolute Gasteiger partial charge is 0.481 e. The zero-order valence-corrected chi connectivity index (χ0v) is 9.01. The Balaban J connectivity index is 3.15. The van der Waals surface area contributed by atoms with Gasteiger partial charge in [0.2, 0.25) is 5.88 Å². The van der Waals surface area contributed by atoms with Gasteiger partial charge in [0, 0.05) is 18.3 Å². The van der Waals surface area contributed by atoms with Gasteiger partial charge < -0.3 is 10.5 Å². The summed E-state index contributed by atoms with van der Waals surface area (Å²) in [5.74, 6) is -1.51. The first-order chi connectivity index (χ1) is 7.38. The van der Waals surface area contributed by atoms with Crippen molar-refractivity contribution in [3.05, 3.63) is 23.4 Å². The van der Waals surface area contributed by atoms with Gasteiger partial charge >= 0.3 is 6.18 Å². The van der Waals surface area contributed by atoms with Crippen LogP contribution < -0.4 is 10.5 Å². The van der Waals surface area contributed by atoms with E-state index in [9.17, 15) is 13.2 Å². The number of aryl methyl sites for hydroxylation is 1. The van der Waals surface area contributed by atoms with Crippen molar-refractivity contribution in [3.63, 3.8) is 0 Å². The van der Waals surface area contributed by atoms with Crippen molar-refractivity contribution in [1.29, 1.82) is 0 Å². The van der Waals surface area contributed by atoms with Crippen LogP contribution in [0, 0.1) is 6.92 Å². The Hall–Kier alpha value is -1.30. The van der Waals surface area contributed by atoms with Crippen LogP contribution in [0.4, 0.5) is 13.2 Å². The maximum atomic E-state index is 12.6. The molecule has 2 N–H and O–H groups in total. The molecular formula is C10H13F3N2O. The second-order valence-corrected chi connectivity index (χ2v) is 3.41. The van der Waals surface area contributed by atoms with Crippen molar-refractivity contribution < 1.29 is 17.9 Å². The smallest absolute Gasteiger partial charge is 0.396 e. The molecule has 0 saturated heterocycles. The number of methoxy groups -OCH3 is 1. The summed E-state index contributed by atoms with van der Waals surface area (Å²) in [4.78, 5) is 3.92. The number of pyridine rings is 1. The van der Waals surface area contributed by atoms with Crippen molar-refractivity contribution in [1.82, 2.24) is 4.98 Å². The molecule has 1 heterocycles. The van der Waals surface area contributed by atoms with E-state index in [4.69, 9.17) is 10.5 Å². The molecular weight excluding hydrogens is 221 g/mol. The Morgan fingerprint density at radius 3 is 2.50 bits per heavy atom. The van der Waals surface area contributed by atoms with Gasteiger partial charge in [-0.05, 0) is 18.6 Å². The lowest BCUT2D eigenvalue weighted by atomic mass is 9.99. The molecule has 0 amide bonds. The van der Waals surface area contributed by atoms with Crippen molar-refractivity contribution >= 4 is 0 Å². The van der Waals surface area contributed by atoms with Crippen molar-refractivity contribution in [3.8, 4) is 5.88 Å². The number of hydrogen-bond acceptors (Lipinski definition) is 3. The van der Waals surface area contributed by atoms with Crippen LogP contribution in [0.5, 0.6) is 5.88 Å². The lowest BCUT2D eigenvalue weighted by Crippen LogP contribution is -2.28. The Bertz CT molecular complexity index is 366. The number of nitrogens with two attached hydrogens (primary N) is 1. The molecule has 0 aliphatic carbocycles. The second kappa shape index (κ2) is 4.69. The number of nitrogens with zero attached hydrogens (tertiary/aromatic N) is 1. The topological polar surface area (TPSA) is 48.1 Å². The molecule has 16 heavy (non-hydrogen) atoms. The van der Waals surface area contributed by atoms with E-state index in [-0.39, 0.29) is 11.4 Å². The quantitative estimate of drug-likeness (QED) is 0.870. The Kier molecular flexibility index (Phi) is 3.74. The zero-order chi connectivity index (χ0) is 12.3. The van der Waals surface area contributed by atoms with Crippen LogP contribution in [0.3, 0.4) is 0 Å². The summed E-state index contributed by atoms with van der Waals surface area (Å²) in [6.07, 6.45) is -4.35. The van der Waals surface area contributed by atoms with Crippen LogP contribution in [0.25, 0.3) is 0 Å². The van der Waals surface area contributed by atoms with Crippen LogP contribution in [0.1, 0.15) is 17.2 Å². The molecule has 1 aromatic rings. The molecule has 1 unspecified atom stereocenters. The minimum Gasteiger partial charge on any atom is -0.481 e. The zero-order valence-electron chi connectivity index (χ0n) is 9.01. The van der Waals surface area contributed by atoms with E-state index in [1.165, 1.54) is 19.2 Å². The highest BCUT2D eigenvalue weighted by Gasteiger charge is 2.40. The van der Waals surface area contributed by atoms with Gasteiger partial charge in [0.15, 0.2) is 0 Å². The molecule has 0 aliphatic heterocycles. The number of alkyl halides is 3. The molecule has 0 bridgehead atoms. The first kappa shape index (κ1) is 12.8. The van der Waals surface area contributed by atoms with Gasteiger partial charge in [0.05, 0.1) is 13.0 Å². The first-order valence-electron chi connectivity index (χ1n) is 4.68. The fraction of sp³-hybridized carbons (Fsp3) is 0.500. The second-order valence-electron chi connectivity index (χ2n) is 3.41. The number of halogens is 3. The minimum absolute atomic E-state index is 0.0827. The Morgan fingerprint density at radius 2 is 2.06 bits per heavy atom. The molecule has 0 saturated carbocycles. The highest BCUT2D eigenvalue weighted by molar-refractivity contribution is 5.29. The molecule has 90 valence electrons. The van der Waals surface area contributed by atoms with E-state index in [1.54, 1.807) is 6.92 Å². The van der Waals surface area contributed by atoms with Gasteiger partial charge in [-0.15, -0.1) is 0 Å². The summed E-state index contributed by atoms with van der Waals surface area (Å²) < 4.78 is 42.7. The first-order valence-corrected chi connectivity index (χ1v) is 4.68. The van der Waals surface area contributed by atoms with Crippen LogP contribution in [0.15, 0.2) is 12.1 Å². The SMILES string of the molecule is COc1cc(C(CN)C(F)(F)F)cc(C)n1. The van der Waals surface area contributed by atoms with Gasteiger partial charge in [-0.3, -0.25) is 0 Å². The van der Waals surface area contributed by atoms with Crippen molar-refractivity contribution in [2.75, 3.05) is 13.7 Å². The third kappa shape index (κ3) is 2.85. The predicted octanol–water partition coefficient (Wildman–Crippen LogP) is 2.00. The lowest BCUT2D eigenvalue weighted by Gasteiger charge is -2.19. The number of rotatable bonds is 3. The maximum absolute atomic E-state index is 12.6. The number of ether oxygens (including phenoxy) is 1. The van der Waals surface area contributed by atoms with Gasteiger partial charge in [-0.2, -0.15) is 13.2 Å². The lowest BCUT2D eigenvalue weighted by molar-refractivity contribution is -0.148. The van der Waals surface area contributed by atoms with Crippen LogP contribution >= 0.6 is 0 Å². The molecule has 1 aromatic heterocycles. The Labute approximate surface area is 91.4 Å². The highest BCUT2D eigenvalue weighted by Crippen LogP contribution is 2.35. The molecule has 1 rings (SSSR count). The molecule has 0 aliphatic rings. The van der Waals surface area contributed by atoms with E-state index in [0.717, 1.165) is 0 Å². The highest BCUT2D eigenvalue weighted by atomic mass is 19.4. The molecule has 0 fully saturated rings. The van der Waals surface area contributed by atoms with E-state index in [1.807, 2.05) is 0 Å². The molecule has 0 aromatic carbocycles. The van der Waals surface area contributed by atoms with Gasteiger partial charge in [0.25, 0.3) is 0 Å². The van der Waals surface area contributed by atoms with Gasteiger partial charge in [-0.25, -0.2) is 4.98 Å². The van der Waals surface area contributed by atoms with Crippen LogP contribution in [-0.2, 0) is 0 Å². The van der Waals surface area contributed by atoms with Crippen LogP contribution in [0.2, 0.25) is 0 Å². The average molecular weight is 234 g/mol. The molecule has 6 heteroatoms. The maximum Gasteiger partial charge on any atom is 0.396 e. The third-order valence-corrected chi connectivity index (χ3v) is 2.19. The van der Waals surface area contributed by atoms with Crippen molar-refractivity contribution in [2.45, 2.75) is 19.0 Å². The fourth-order valence-electron chi connectivity index (χ4n) is 1.43. The number of hydrogen-bond donors (Lipinski definition) is 1. The monoisotopic (exact) mass is 234 g/mol. The molecule has 0 spiro atoms. The van der Waals surface area contributed by atoms with Crippen molar-refractivity contribution in [2.24, 2.45) is 5.73 Å². The summed E-state index contributed by atoms with van der Waals surface area (Å²) in [6.45, 7) is 1.12. The number of aromatic nitrogens is 1. The van der Waals surface area contributed by atoms with Gasteiger partial charge in [-0.1, -0.05) is 0 Å².